The Labute approximate surface area is 205 Å². The summed E-state index contributed by atoms with van der Waals surface area (Å²) in [6.45, 7) is 5.70. The minimum absolute atomic E-state index is 0.0893. The summed E-state index contributed by atoms with van der Waals surface area (Å²) < 4.78 is 20.3. The molecule has 0 bridgehead atoms. The average molecular weight is 477 g/mol. The van der Waals surface area contributed by atoms with Gasteiger partial charge in [0.1, 0.15) is 5.82 Å². The Morgan fingerprint density at radius 3 is 2.77 bits per heavy atom. The Kier molecular flexibility index (Phi) is 6.32. The topological polar surface area (TPSA) is 81.3 Å². The Bertz CT molecular complexity index is 1250. The van der Waals surface area contributed by atoms with Crippen LogP contribution in [0.5, 0.6) is 0 Å². The summed E-state index contributed by atoms with van der Waals surface area (Å²) >= 11 is 0. The largest absolute Gasteiger partial charge is 0.375 e. The van der Waals surface area contributed by atoms with Gasteiger partial charge in [0.15, 0.2) is 5.78 Å². The molecule has 184 valence electrons. The molecule has 1 saturated carbocycles. The predicted molar refractivity (Wildman–Crippen MR) is 135 cm³/mol. The van der Waals surface area contributed by atoms with Gasteiger partial charge in [0.25, 0.3) is 0 Å². The normalized spacial score (nSPS) is 23.8. The number of rotatable bonds is 6. The molecule has 0 unspecified atom stereocenters. The zero-order valence-corrected chi connectivity index (χ0v) is 20.6. The van der Waals surface area contributed by atoms with Crippen molar-refractivity contribution < 1.29 is 13.9 Å². The van der Waals surface area contributed by atoms with E-state index in [0.717, 1.165) is 36.1 Å². The molecule has 2 N–H and O–H groups in total. The number of methoxy groups -OCH3 is 1. The van der Waals surface area contributed by atoms with Gasteiger partial charge in [-0.05, 0) is 73.4 Å². The van der Waals surface area contributed by atoms with Crippen LogP contribution in [0.4, 0.5) is 10.1 Å². The maximum Gasteiger partial charge on any atom is 0.169 e. The summed E-state index contributed by atoms with van der Waals surface area (Å²) in [5.41, 5.74) is 9.82. The SMILES string of the molecule is COC1(C)CN(c2cnc3c(C(=O)Cc4cnccc4[C@@H]4C[C@H](C)C[C@H](N)C4)ccc(F)c3c2)C1. The van der Waals surface area contributed by atoms with Crippen molar-refractivity contribution in [2.45, 2.75) is 57.1 Å². The molecule has 0 spiro atoms. The number of pyridine rings is 2. The third-order valence-electron chi connectivity index (χ3n) is 7.70. The van der Waals surface area contributed by atoms with Crippen molar-refractivity contribution in [3.63, 3.8) is 0 Å². The third-order valence-corrected chi connectivity index (χ3v) is 7.70. The van der Waals surface area contributed by atoms with Crippen molar-refractivity contribution in [3.8, 4) is 0 Å². The van der Waals surface area contributed by atoms with E-state index < -0.39 is 0 Å². The molecule has 7 heteroatoms. The number of halogens is 1. The molecular formula is C28H33FN4O2. The van der Waals surface area contributed by atoms with Gasteiger partial charge in [0.2, 0.25) is 0 Å². The van der Waals surface area contributed by atoms with Crippen molar-refractivity contribution >= 4 is 22.4 Å². The van der Waals surface area contributed by atoms with Gasteiger partial charge in [0.05, 0.1) is 23.0 Å². The minimum atomic E-state index is -0.381. The van der Waals surface area contributed by atoms with Crippen LogP contribution in [0, 0.1) is 11.7 Å². The molecule has 3 atom stereocenters. The fourth-order valence-electron chi connectivity index (χ4n) is 5.81. The molecule has 1 aliphatic carbocycles. The number of nitrogens with zero attached hydrogens (tertiary/aromatic N) is 3. The Balaban J connectivity index is 1.42. The molecule has 0 amide bonds. The number of ether oxygens (including phenoxy) is 1. The number of Topliss-reactive ketones (excluding diaryl/α,β-unsaturated/α-hetero) is 1. The first-order valence-corrected chi connectivity index (χ1v) is 12.4. The molecule has 1 aromatic carbocycles. The molecule has 3 heterocycles. The predicted octanol–water partition coefficient (Wildman–Crippen LogP) is 4.65. The van der Waals surface area contributed by atoms with Crippen LogP contribution in [0.25, 0.3) is 10.9 Å². The van der Waals surface area contributed by atoms with Crippen LogP contribution in [0.3, 0.4) is 0 Å². The van der Waals surface area contributed by atoms with Crippen molar-refractivity contribution in [2.75, 3.05) is 25.1 Å². The number of aromatic nitrogens is 2. The molecule has 1 saturated heterocycles. The van der Waals surface area contributed by atoms with Crippen LogP contribution in [-0.4, -0.2) is 47.6 Å². The summed E-state index contributed by atoms with van der Waals surface area (Å²) in [5.74, 6) is 0.398. The lowest BCUT2D eigenvalue weighted by Gasteiger charge is -2.48. The summed E-state index contributed by atoms with van der Waals surface area (Å²) in [4.78, 5) is 24.4. The molecule has 6 nitrogen and oxygen atoms in total. The van der Waals surface area contributed by atoms with E-state index in [1.165, 1.54) is 6.07 Å². The molecule has 2 aliphatic rings. The van der Waals surface area contributed by atoms with E-state index >= 15 is 0 Å². The van der Waals surface area contributed by atoms with Gasteiger partial charge in [-0.25, -0.2) is 4.39 Å². The van der Waals surface area contributed by atoms with Crippen molar-refractivity contribution in [1.29, 1.82) is 0 Å². The molecule has 35 heavy (non-hydrogen) atoms. The number of anilines is 1. The van der Waals surface area contributed by atoms with Gasteiger partial charge >= 0.3 is 0 Å². The minimum Gasteiger partial charge on any atom is -0.375 e. The zero-order chi connectivity index (χ0) is 24.7. The monoisotopic (exact) mass is 476 g/mol. The molecule has 3 aromatic rings. The summed E-state index contributed by atoms with van der Waals surface area (Å²) in [7, 11) is 1.70. The first-order chi connectivity index (χ1) is 16.8. The van der Waals surface area contributed by atoms with E-state index in [1.54, 1.807) is 37.8 Å². The lowest BCUT2D eigenvalue weighted by atomic mass is 9.75. The van der Waals surface area contributed by atoms with Gasteiger partial charge in [-0.3, -0.25) is 14.8 Å². The van der Waals surface area contributed by atoms with E-state index in [1.807, 2.05) is 13.0 Å². The second kappa shape index (κ2) is 9.28. The van der Waals surface area contributed by atoms with Gasteiger partial charge in [0, 0.05) is 56.0 Å². The number of fused-ring (bicyclic) bond motifs is 1. The second-order valence-corrected chi connectivity index (χ2v) is 10.6. The fraction of sp³-hybridized carbons (Fsp3) is 0.464. The van der Waals surface area contributed by atoms with E-state index in [2.05, 4.69) is 21.8 Å². The molecule has 5 rings (SSSR count). The van der Waals surface area contributed by atoms with Crippen LogP contribution >= 0.6 is 0 Å². The van der Waals surface area contributed by atoms with Crippen molar-refractivity contribution in [2.24, 2.45) is 11.7 Å². The lowest BCUT2D eigenvalue weighted by Crippen LogP contribution is -2.61. The number of hydrogen-bond acceptors (Lipinski definition) is 6. The van der Waals surface area contributed by atoms with Gasteiger partial charge in [-0.2, -0.15) is 0 Å². The maximum atomic E-state index is 14.8. The van der Waals surface area contributed by atoms with Crippen LogP contribution in [0.2, 0.25) is 0 Å². The summed E-state index contributed by atoms with van der Waals surface area (Å²) in [6.07, 6.45) is 8.49. The number of benzene rings is 1. The first-order valence-electron chi connectivity index (χ1n) is 12.4. The second-order valence-electron chi connectivity index (χ2n) is 10.6. The number of nitrogens with two attached hydrogens (primary N) is 1. The Morgan fingerprint density at radius 1 is 1.23 bits per heavy atom. The molecular weight excluding hydrogens is 443 g/mol. The van der Waals surface area contributed by atoms with Crippen molar-refractivity contribution in [3.05, 3.63) is 65.4 Å². The van der Waals surface area contributed by atoms with Crippen LogP contribution in [-0.2, 0) is 11.2 Å². The standard InChI is InChI=1S/C28H33FN4O2/c1-17-8-18(10-20(30)9-17)22-6-7-31-13-19(22)11-26(34)23-4-5-25(29)24-12-21(14-32-27(23)24)33-15-28(2,16-33)35-3/h4-7,12-14,17-18,20H,8-11,15-16,30H2,1-3H3/t17-,18+,20-/m0/s1. The van der Waals surface area contributed by atoms with Crippen LogP contribution in [0.15, 0.2) is 42.9 Å². The molecule has 2 aromatic heterocycles. The Hall–Kier alpha value is -2.90. The van der Waals surface area contributed by atoms with E-state index in [9.17, 15) is 9.18 Å². The smallest absolute Gasteiger partial charge is 0.169 e. The number of ketones is 1. The van der Waals surface area contributed by atoms with Crippen molar-refractivity contribution in [1.82, 2.24) is 9.97 Å². The highest BCUT2D eigenvalue weighted by Gasteiger charge is 2.39. The summed E-state index contributed by atoms with van der Waals surface area (Å²) in [6, 6.07) is 6.89. The molecule has 1 aliphatic heterocycles. The lowest BCUT2D eigenvalue weighted by molar-refractivity contribution is -0.0167. The van der Waals surface area contributed by atoms with E-state index in [0.29, 0.717) is 41.4 Å². The zero-order valence-electron chi connectivity index (χ0n) is 20.6. The van der Waals surface area contributed by atoms with Gasteiger partial charge < -0.3 is 15.4 Å². The van der Waals surface area contributed by atoms with Crippen LogP contribution in [0.1, 0.15) is 60.5 Å². The van der Waals surface area contributed by atoms with Crippen LogP contribution < -0.4 is 10.6 Å². The highest BCUT2D eigenvalue weighted by molar-refractivity contribution is 6.08. The molecule has 0 radical (unpaired) electrons. The average Bonchev–Trinajstić information content (AvgIpc) is 2.82. The number of hydrogen-bond donors (Lipinski definition) is 1. The quantitative estimate of drug-likeness (QED) is 0.522. The highest BCUT2D eigenvalue weighted by atomic mass is 19.1. The molecule has 2 fully saturated rings. The van der Waals surface area contributed by atoms with E-state index in [4.69, 9.17) is 10.5 Å². The fourth-order valence-corrected chi connectivity index (χ4v) is 5.81. The number of carbonyl (C=O) groups is 1. The Morgan fingerprint density at radius 2 is 2.03 bits per heavy atom. The van der Waals surface area contributed by atoms with Gasteiger partial charge in [-0.1, -0.05) is 6.92 Å². The first kappa shape index (κ1) is 23.8. The maximum absolute atomic E-state index is 14.8. The highest BCUT2D eigenvalue weighted by Crippen LogP contribution is 2.37. The van der Waals surface area contributed by atoms with Gasteiger partial charge in [-0.15, -0.1) is 0 Å². The third kappa shape index (κ3) is 4.67. The van der Waals surface area contributed by atoms with E-state index in [-0.39, 0.29) is 29.7 Å². The number of carbonyl (C=O) groups excluding carboxylic acids is 1. The summed E-state index contributed by atoms with van der Waals surface area (Å²) in [5, 5.41) is 0.359.